The molecule has 2 aliphatic heterocycles. The second-order valence-electron chi connectivity index (χ2n) is 6.44. The molecule has 4 rings (SSSR count). The van der Waals surface area contributed by atoms with Crippen LogP contribution in [0, 0.1) is 0 Å². The van der Waals surface area contributed by atoms with E-state index in [9.17, 15) is 4.79 Å². The molecule has 116 valence electrons. The number of nitrogens with zero attached hydrogens (tertiary/aromatic N) is 2. The van der Waals surface area contributed by atoms with Gasteiger partial charge in [-0.3, -0.25) is 9.69 Å². The molecule has 2 aromatic rings. The summed E-state index contributed by atoms with van der Waals surface area (Å²) in [6, 6.07) is 10.2. The fourth-order valence-corrected chi connectivity index (χ4v) is 3.79. The van der Waals surface area contributed by atoms with E-state index in [-0.39, 0.29) is 5.91 Å². The molecule has 2 fully saturated rings. The summed E-state index contributed by atoms with van der Waals surface area (Å²) in [5.41, 5.74) is 0.791. The van der Waals surface area contributed by atoms with E-state index in [1.54, 1.807) is 0 Å². The highest BCUT2D eigenvalue weighted by Gasteiger charge is 2.30. The largest absolute Gasteiger partial charge is 0.451 e. The Morgan fingerprint density at radius 1 is 1.09 bits per heavy atom. The van der Waals surface area contributed by atoms with Crippen LogP contribution in [0.2, 0.25) is 0 Å². The number of benzene rings is 1. The Kier molecular flexibility index (Phi) is 3.62. The molecule has 0 saturated carbocycles. The topological polar surface area (TPSA) is 36.7 Å². The van der Waals surface area contributed by atoms with Gasteiger partial charge < -0.3 is 9.32 Å². The molecule has 0 unspecified atom stereocenters. The van der Waals surface area contributed by atoms with Crippen LogP contribution in [-0.4, -0.2) is 47.9 Å². The van der Waals surface area contributed by atoms with Crippen molar-refractivity contribution in [3.8, 4) is 0 Å². The maximum absolute atomic E-state index is 12.7. The monoisotopic (exact) mass is 298 g/mol. The van der Waals surface area contributed by atoms with Crippen LogP contribution >= 0.6 is 0 Å². The van der Waals surface area contributed by atoms with Crippen molar-refractivity contribution in [1.82, 2.24) is 9.80 Å². The fraction of sp³-hybridized carbons (Fsp3) is 0.500. The van der Waals surface area contributed by atoms with Gasteiger partial charge in [-0.15, -0.1) is 0 Å². The first-order chi connectivity index (χ1) is 10.8. The molecule has 0 bridgehead atoms. The van der Waals surface area contributed by atoms with Crippen LogP contribution in [0.25, 0.3) is 11.0 Å². The Morgan fingerprint density at radius 3 is 2.73 bits per heavy atom. The van der Waals surface area contributed by atoms with Crippen molar-refractivity contribution < 1.29 is 9.21 Å². The van der Waals surface area contributed by atoms with E-state index in [1.165, 1.54) is 32.4 Å². The van der Waals surface area contributed by atoms with Crippen LogP contribution in [0.4, 0.5) is 0 Å². The molecule has 4 heteroatoms. The number of hydrogen-bond donors (Lipinski definition) is 0. The molecule has 3 heterocycles. The van der Waals surface area contributed by atoms with Crippen molar-refractivity contribution in [2.75, 3.05) is 26.2 Å². The zero-order valence-electron chi connectivity index (χ0n) is 12.8. The van der Waals surface area contributed by atoms with Gasteiger partial charge >= 0.3 is 0 Å². The summed E-state index contributed by atoms with van der Waals surface area (Å²) in [7, 11) is 0. The molecule has 4 nitrogen and oxygen atoms in total. The second kappa shape index (κ2) is 5.76. The van der Waals surface area contributed by atoms with Gasteiger partial charge in [-0.2, -0.15) is 0 Å². The number of fused-ring (bicyclic) bond motifs is 1. The SMILES string of the molecule is O=C(c1cc2ccccc2o1)N1CCC[C@@H](N2CCCC2)C1. The third-order valence-corrected chi connectivity index (χ3v) is 4.98. The van der Waals surface area contributed by atoms with Gasteiger partial charge in [-0.05, 0) is 50.9 Å². The molecule has 1 aromatic carbocycles. The first-order valence-corrected chi connectivity index (χ1v) is 8.33. The molecule has 1 amide bonds. The Hall–Kier alpha value is -1.81. The van der Waals surface area contributed by atoms with Gasteiger partial charge in [-0.1, -0.05) is 18.2 Å². The van der Waals surface area contributed by atoms with E-state index < -0.39 is 0 Å². The summed E-state index contributed by atoms with van der Waals surface area (Å²) in [5, 5.41) is 0.999. The number of furan rings is 1. The maximum Gasteiger partial charge on any atom is 0.289 e. The molecule has 0 spiro atoms. The summed E-state index contributed by atoms with van der Waals surface area (Å²) in [6.45, 7) is 4.07. The Labute approximate surface area is 130 Å². The minimum atomic E-state index is 0.0418. The maximum atomic E-state index is 12.7. The third-order valence-electron chi connectivity index (χ3n) is 4.98. The first kappa shape index (κ1) is 13.8. The molecule has 22 heavy (non-hydrogen) atoms. The molecule has 0 N–H and O–H groups in total. The average Bonchev–Trinajstić information content (AvgIpc) is 3.23. The number of carbonyl (C=O) groups excluding carboxylic acids is 1. The fourth-order valence-electron chi connectivity index (χ4n) is 3.79. The summed E-state index contributed by atoms with van der Waals surface area (Å²) in [4.78, 5) is 17.3. The molecule has 2 aliphatic rings. The van der Waals surface area contributed by atoms with Crippen molar-refractivity contribution in [2.24, 2.45) is 0 Å². The predicted molar refractivity (Wildman–Crippen MR) is 85.9 cm³/mol. The number of hydrogen-bond acceptors (Lipinski definition) is 3. The smallest absolute Gasteiger partial charge is 0.289 e. The quantitative estimate of drug-likeness (QED) is 0.854. The highest BCUT2D eigenvalue weighted by molar-refractivity contribution is 5.96. The zero-order valence-corrected chi connectivity index (χ0v) is 12.8. The number of rotatable bonds is 2. The first-order valence-electron chi connectivity index (χ1n) is 8.33. The number of likely N-dealkylation sites (tertiary alicyclic amines) is 2. The number of piperidine rings is 1. The van der Waals surface area contributed by atoms with Gasteiger partial charge in [0.15, 0.2) is 5.76 Å². The van der Waals surface area contributed by atoms with Crippen molar-refractivity contribution in [1.29, 1.82) is 0 Å². The highest BCUT2D eigenvalue weighted by Crippen LogP contribution is 2.24. The van der Waals surface area contributed by atoms with Crippen molar-refractivity contribution in [3.63, 3.8) is 0 Å². The van der Waals surface area contributed by atoms with E-state index in [1.807, 2.05) is 35.2 Å². The molecular weight excluding hydrogens is 276 g/mol. The lowest BCUT2D eigenvalue weighted by molar-refractivity contribution is 0.0580. The van der Waals surface area contributed by atoms with E-state index >= 15 is 0 Å². The van der Waals surface area contributed by atoms with Crippen LogP contribution in [0.15, 0.2) is 34.7 Å². The van der Waals surface area contributed by atoms with Gasteiger partial charge in [0.05, 0.1) is 0 Å². The third kappa shape index (κ3) is 2.52. The minimum absolute atomic E-state index is 0.0418. The lowest BCUT2D eigenvalue weighted by Gasteiger charge is -2.37. The van der Waals surface area contributed by atoms with Gasteiger partial charge in [0.1, 0.15) is 5.58 Å². The predicted octanol–water partition coefficient (Wildman–Crippen LogP) is 3.13. The van der Waals surface area contributed by atoms with Crippen molar-refractivity contribution in [3.05, 3.63) is 36.1 Å². The standard InChI is InChI=1S/C18H22N2O2/c21-18(17-12-14-6-1-2-8-16(14)22-17)20-11-5-7-15(13-20)19-9-3-4-10-19/h1-2,6,8,12,15H,3-5,7,9-11,13H2/t15-/m1/s1. The molecule has 0 radical (unpaired) electrons. The molecule has 1 aromatic heterocycles. The number of para-hydroxylation sites is 1. The van der Waals surface area contributed by atoms with Gasteiger partial charge in [-0.25, -0.2) is 0 Å². The van der Waals surface area contributed by atoms with E-state index in [0.717, 1.165) is 30.5 Å². The zero-order chi connectivity index (χ0) is 14.9. The summed E-state index contributed by atoms with van der Waals surface area (Å²) in [6.07, 6.45) is 4.90. The number of amides is 1. The molecule has 1 atom stereocenters. The van der Waals surface area contributed by atoms with Crippen LogP contribution in [0.3, 0.4) is 0 Å². The number of carbonyl (C=O) groups is 1. The van der Waals surface area contributed by atoms with Crippen molar-refractivity contribution in [2.45, 2.75) is 31.7 Å². The Morgan fingerprint density at radius 2 is 1.91 bits per heavy atom. The second-order valence-corrected chi connectivity index (χ2v) is 6.44. The lowest BCUT2D eigenvalue weighted by Crippen LogP contribution is -2.48. The average molecular weight is 298 g/mol. The van der Waals surface area contributed by atoms with Crippen LogP contribution in [0.5, 0.6) is 0 Å². The van der Waals surface area contributed by atoms with Crippen LogP contribution in [0.1, 0.15) is 36.2 Å². The van der Waals surface area contributed by atoms with Crippen LogP contribution in [-0.2, 0) is 0 Å². The normalized spacial score (nSPS) is 23.3. The van der Waals surface area contributed by atoms with Gasteiger partial charge in [0, 0.05) is 24.5 Å². The summed E-state index contributed by atoms with van der Waals surface area (Å²) >= 11 is 0. The highest BCUT2D eigenvalue weighted by atomic mass is 16.3. The molecular formula is C18H22N2O2. The molecule has 0 aliphatic carbocycles. The molecule has 2 saturated heterocycles. The van der Waals surface area contributed by atoms with E-state index in [0.29, 0.717) is 11.8 Å². The Bertz CT molecular complexity index is 640. The van der Waals surface area contributed by atoms with Gasteiger partial charge in [0.25, 0.3) is 5.91 Å². The van der Waals surface area contributed by atoms with Crippen molar-refractivity contribution >= 4 is 16.9 Å². The van der Waals surface area contributed by atoms with Gasteiger partial charge in [0.2, 0.25) is 0 Å². The summed E-state index contributed by atoms with van der Waals surface area (Å²) < 4.78 is 5.74. The summed E-state index contributed by atoms with van der Waals surface area (Å²) in [5.74, 6) is 0.517. The Balaban J connectivity index is 1.51. The minimum Gasteiger partial charge on any atom is -0.451 e. The van der Waals surface area contributed by atoms with Crippen LogP contribution < -0.4 is 0 Å². The van der Waals surface area contributed by atoms with E-state index in [4.69, 9.17) is 4.42 Å². The van der Waals surface area contributed by atoms with E-state index in [2.05, 4.69) is 4.90 Å². The lowest BCUT2D eigenvalue weighted by atomic mass is 10.0.